The number of carboxylic acids is 1. The van der Waals surface area contributed by atoms with Crippen LogP contribution in [0.5, 0.6) is 0 Å². The van der Waals surface area contributed by atoms with E-state index in [1.165, 1.54) is 24.6 Å². The maximum atomic E-state index is 12.5. The van der Waals surface area contributed by atoms with Gasteiger partial charge in [-0.05, 0) is 43.0 Å². The van der Waals surface area contributed by atoms with Gasteiger partial charge in [-0.25, -0.2) is 4.79 Å². The SMILES string of the molecule is C[C@@H]1CCCC[C@H]1NC(=O)/C(C#N)=C/c1ccc(-c2ccc(C(=O)O)cc2)o1. The zero-order valence-electron chi connectivity index (χ0n) is 15.6. The highest BCUT2D eigenvalue weighted by Gasteiger charge is 2.24. The Hall–Kier alpha value is -3.33. The van der Waals surface area contributed by atoms with Crippen molar-refractivity contribution < 1.29 is 19.1 Å². The molecule has 6 heteroatoms. The Labute approximate surface area is 163 Å². The standard InChI is InChI=1S/C22H22N2O4/c1-14-4-2-3-5-19(14)24-21(25)17(13-23)12-18-10-11-20(28-18)15-6-8-16(9-7-15)22(26)27/h6-12,14,19H,2-5H2,1H3,(H,24,25)(H,26,27)/b17-12+/t14-,19-/m1/s1. The number of aromatic carboxylic acids is 1. The third kappa shape index (κ3) is 4.49. The zero-order valence-corrected chi connectivity index (χ0v) is 15.6. The summed E-state index contributed by atoms with van der Waals surface area (Å²) in [6.45, 7) is 2.12. The van der Waals surface area contributed by atoms with Gasteiger partial charge < -0.3 is 14.8 Å². The number of amides is 1. The average molecular weight is 378 g/mol. The maximum Gasteiger partial charge on any atom is 0.335 e. The van der Waals surface area contributed by atoms with E-state index in [0.29, 0.717) is 23.0 Å². The molecule has 0 radical (unpaired) electrons. The van der Waals surface area contributed by atoms with Crippen molar-refractivity contribution in [2.45, 2.75) is 38.6 Å². The molecule has 0 unspecified atom stereocenters. The van der Waals surface area contributed by atoms with E-state index in [-0.39, 0.29) is 23.1 Å². The van der Waals surface area contributed by atoms with Crippen LogP contribution in [-0.4, -0.2) is 23.0 Å². The van der Waals surface area contributed by atoms with Crippen LogP contribution >= 0.6 is 0 Å². The molecule has 1 aliphatic rings. The van der Waals surface area contributed by atoms with Crippen LogP contribution < -0.4 is 5.32 Å². The van der Waals surface area contributed by atoms with Gasteiger partial charge in [-0.2, -0.15) is 5.26 Å². The molecule has 1 heterocycles. The van der Waals surface area contributed by atoms with Crippen LogP contribution in [0.2, 0.25) is 0 Å². The molecule has 2 N–H and O–H groups in total. The maximum absolute atomic E-state index is 12.5. The number of carboxylic acid groups (broad SMARTS) is 1. The minimum atomic E-state index is -0.994. The summed E-state index contributed by atoms with van der Waals surface area (Å²) < 4.78 is 5.71. The molecular weight excluding hydrogens is 356 g/mol. The largest absolute Gasteiger partial charge is 0.478 e. The molecule has 1 saturated carbocycles. The highest BCUT2D eigenvalue weighted by Crippen LogP contribution is 2.25. The first-order valence-corrected chi connectivity index (χ1v) is 9.34. The van der Waals surface area contributed by atoms with E-state index in [9.17, 15) is 14.9 Å². The summed E-state index contributed by atoms with van der Waals surface area (Å²) >= 11 is 0. The molecule has 3 rings (SSSR count). The molecule has 0 saturated heterocycles. The molecule has 2 aromatic rings. The number of rotatable bonds is 5. The number of hydrogen-bond acceptors (Lipinski definition) is 4. The minimum absolute atomic E-state index is 0.0000939. The van der Waals surface area contributed by atoms with Gasteiger partial charge in [0, 0.05) is 17.7 Å². The second-order valence-corrected chi connectivity index (χ2v) is 7.10. The Bertz CT molecular complexity index is 934. The quantitative estimate of drug-likeness (QED) is 0.598. The Morgan fingerprint density at radius 1 is 1.18 bits per heavy atom. The summed E-state index contributed by atoms with van der Waals surface area (Å²) in [7, 11) is 0. The van der Waals surface area contributed by atoms with Crippen molar-refractivity contribution in [3.63, 3.8) is 0 Å². The van der Waals surface area contributed by atoms with E-state index in [2.05, 4.69) is 12.2 Å². The number of furan rings is 1. The lowest BCUT2D eigenvalue weighted by molar-refractivity contribution is -0.118. The Kier molecular flexibility index (Phi) is 5.95. The highest BCUT2D eigenvalue weighted by molar-refractivity contribution is 6.01. The van der Waals surface area contributed by atoms with Crippen LogP contribution in [0.3, 0.4) is 0 Å². The van der Waals surface area contributed by atoms with E-state index in [4.69, 9.17) is 9.52 Å². The second kappa shape index (κ2) is 8.57. The van der Waals surface area contributed by atoms with Crippen molar-refractivity contribution in [2.75, 3.05) is 0 Å². The summed E-state index contributed by atoms with van der Waals surface area (Å²) in [6, 6.07) is 11.7. The van der Waals surface area contributed by atoms with E-state index in [1.807, 2.05) is 6.07 Å². The number of carbonyl (C=O) groups excluding carboxylic acids is 1. The van der Waals surface area contributed by atoms with Gasteiger partial charge in [-0.3, -0.25) is 4.79 Å². The van der Waals surface area contributed by atoms with Crippen molar-refractivity contribution in [3.8, 4) is 17.4 Å². The third-order valence-electron chi connectivity index (χ3n) is 5.12. The summed E-state index contributed by atoms with van der Waals surface area (Å²) in [5, 5.41) is 21.3. The Morgan fingerprint density at radius 3 is 2.54 bits per heavy atom. The van der Waals surface area contributed by atoms with Gasteiger partial charge >= 0.3 is 5.97 Å². The second-order valence-electron chi connectivity index (χ2n) is 7.10. The normalized spacial score (nSPS) is 19.6. The monoisotopic (exact) mass is 378 g/mol. The molecule has 0 spiro atoms. The van der Waals surface area contributed by atoms with Gasteiger partial charge in [-0.15, -0.1) is 0 Å². The van der Waals surface area contributed by atoms with Gasteiger partial charge in [-0.1, -0.05) is 31.9 Å². The lowest BCUT2D eigenvalue weighted by Gasteiger charge is -2.29. The summed E-state index contributed by atoms with van der Waals surface area (Å²) in [5.74, 6) is -0.0549. The number of nitrogens with one attached hydrogen (secondary N) is 1. The van der Waals surface area contributed by atoms with Crippen molar-refractivity contribution in [1.82, 2.24) is 5.32 Å². The van der Waals surface area contributed by atoms with E-state index in [0.717, 1.165) is 19.3 Å². The molecule has 1 aromatic heterocycles. The van der Waals surface area contributed by atoms with Crippen molar-refractivity contribution in [2.24, 2.45) is 5.92 Å². The topological polar surface area (TPSA) is 103 Å². The molecule has 28 heavy (non-hydrogen) atoms. The minimum Gasteiger partial charge on any atom is -0.478 e. The number of benzene rings is 1. The third-order valence-corrected chi connectivity index (χ3v) is 5.12. The molecule has 1 fully saturated rings. The van der Waals surface area contributed by atoms with Gasteiger partial charge in [0.1, 0.15) is 23.2 Å². The number of carbonyl (C=O) groups is 2. The summed E-state index contributed by atoms with van der Waals surface area (Å²) in [5.41, 5.74) is 0.902. The van der Waals surface area contributed by atoms with E-state index < -0.39 is 5.97 Å². The van der Waals surface area contributed by atoms with Gasteiger partial charge in [0.25, 0.3) is 5.91 Å². The molecule has 2 atom stereocenters. The predicted octanol–water partition coefficient (Wildman–Crippen LogP) is 4.25. The zero-order chi connectivity index (χ0) is 20.1. The van der Waals surface area contributed by atoms with Crippen LogP contribution in [0.25, 0.3) is 17.4 Å². The van der Waals surface area contributed by atoms with E-state index in [1.54, 1.807) is 24.3 Å². The van der Waals surface area contributed by atoms with Gasteiger partial charge in [0.05, 0.1) is 5.56 Å². The molecule has 6 nitrogen and oxygen atoms in total. The Balaban J connectivity index is 1.73. The fraction of sp³-hybridized carbons (Fsp3) is 0.318. The molecule has 1 amide bonds. The van der Waals surface area contributed by atoms with Gasteiger partial charge in [0.15, 0.2) is 0 Å². The van der Waals surface area contributed by atoms with E-state index >= 15 is 0 Å². The first kappa shape index (κ1) is 19.4. The summed E-state index contributed by atoms with van der Waals surface area (Å²) in [6.07, 6.45) is 5.71. The number of hydrogen-bond donors (Lipinski definition) is 2. The van der Waals surface area contributed by atoms with Crippen molar-refractivity contribution in [3.05, 3.63) is 53.3 Å². The molecule has 1 aliphatic carbocycles. The molecule has 0 bridgehead atoms. The van der Waals surface area contributed by atoms with Crippen molar-refractivity contribution in [1.29, 1.82) is 5.26 Å². The average Bonchev–Trinajstić information content (AvgIpc) is 3.16. The molecule has 144 valence electrons. The fourth-order valence-electron chi connectivity index (χ4n) is 3.43. The van der Waals surface area contributed by atoms with Crippen LogP contribution in [0, 0.1) is 17.2 Å². The molecular formula is C22H22N2O4. The fourth-order valence-corrected chi connectivity index (χ4v) is 3.43. The van der Waals surface area contributed by atoms with Crippen molar-refractivity contribution >= 4 is 18.0 Å². The lowest BCUT2D eigenvalue weighted by Crippen LogP contribution is -2.41. The highest BCUT2D eigenvalue weighted by atomic mass is 16.4. The first-order valence-electron chi connectivity index (χ1n) is 9.34. The lowest BCUT2D eigenvalue weighted by atomic mass is 9.86. The van der Waals surface area contributed by atoms with Crippen LogP contribution in [0.15, 0.2) is 46.4 Å². The smallest absolute Gasteiger partial charge is 0.335 e. The number of nitriles is 1. The Morgan fingerprint density at radius 2 is 1.89 bits per heavy atom. The van der Waals surface area contributed by atoms with Crippen LogP contribution in [0.4, 0.5) is 0 Å². The number of nitrogens with zero attached hydrogens (tertiary/aromatic N) is 1. The molecule has 0 aliphatic heterocycles. The molecule has 1 aromatic carbocycles. The summed E-state index contributed by atoms with van der Waals surface area (Å²) in [4.78, 5) is 23.4. The van der Waals surface area contributed by atoms with Crippen LogP contribution in [-0.2, 0) is 4.79 Å². The van der Waals surface area contributed by atoms with Gasteiger partial charge in [0.2, 0.25) is 0 Å². The predicted molar refractivity (Wildman–Crippen MR) is 104 cm³/mol. The van der Waals surface area contributed by atoms with Crippen LogP contribution in [0.1, 0.15) is 48.7 Å². The first-order chi connectivity index (χ1) is 13.5.